The number of carbonyl (C=O) groups is 1. The summed E-state index contributed by atoms with van der Waals surface area (Å²) in [5, 5.41) is 15.8. The molecule has 1 rings (SSSR count). The molecule has 0 unspecified atom stereocenters. The van der Waals surface area contributed by atoms with Gasteiger partial charge in [-0.25, -0.2) is 9.78 Å². The molecule has 1 aromatic rings. The maximum absolute atomic E-state index is 8.56. The molecule has 0 aromatic carbocycles. The van der Waals surface area contributed by atoms with E-state index in [1.807, 2.05) is 5.38 Å². The Hall–Kier alpha value is -0.810. The molecule has 10 heavy (non-hydrogen) atoms. The lowest BCUT2D eigenvalue weighted by molar-refractivity contribution is 0.137. The predicted molar refractivity (Wildman–Crippen MR) is 37.8 cm³/mol. The minimum absolute atomic E-state index is 0.606. The molecule has 0 amide bonds. The molecule has 56 valence electrons. The van der Waals surface area contributed by atoms with Crippen LogP contribution in [0.25, 0.3) is 0 Å². The highest BCUT2D eigenvalue weighted by molar-refractivity contribution is 7.13. The number of aromatic nitrogens is 1. The van der Waals surface area contributed by atoms with Gasteiger partial charge in [0.05, 0.1) is 0 Å². The van der Waals surface area contributed by atoms with Gasteiger partial charge >= 0.3 is 6.16 Å². The van der Waals surface area contributed by atoms with Gasteiger partial charge in [0.2, 0.25) is 0 Å². The van der Waals surface area contributed by atoms with Gasteiger partial charge in [-0.1, -0.05) is 11.6 Å². The second-order valence-electron chi connectivity index (χ2n) is 1.07. The van der Waals surface area contributed by atoms with Crippen molar-refractivity contribution in [3.63, 3.8) is 0 Å². The standard InChI is InChI=1S/C3H2ClNS.CH2O3/c4-3-5-1-2-6-3;2-1(3)4/h1-2H;(H2,2,3,4). The van der Waals surface area contributed by atoms with Gasteiger partial charge in [0.15, 0.2) is 4.47 Å². The van der Waals surface area contributed by atoms with Crippen LogP contribution >= 0.6 is 22.9 Å². The molecule has 6 heteroatoms. The van der Waals surface area contributed by atoms with Crippen molar-refractivity contribution in [2.75, 3.05) is 0 Å². The maximum atomic E-state index is 8.56. The highest BCUT2D eigenvalue weighted by Gasteiger charge is 1.79. The molecule has 0 spiro atoms. The maximum Gasteiger partial charge on any atom is 0.503 e. The Labute approximate surface area is 65.7 Å². The van der Waals surface area contributed by atoms with Crippen LogP contribution in [0.1, 0.15) is 0 Å². The van der Waals surface area contributed by atoms with Crippen LogP contribution in [-0.4, -0.2) is 21.4 Å². The average molecular weight is 182 g/mol. The molecular formula is C4H4ClNO3S. The first kappa shape index (κ1) is 9.19. The number of hydrogen-bond donors (Lipinski definition) is 2. The summed E-state index contributed by atoms with van der Waals surface area (Å²) in [6, 6.07) is 0. The first-order valence-electron chi connectivity index (χ1n) is 2.10. The predicted octanol–water partition coefficient (Wildman–Crippen LogP) is 2.02. The van der Waals surface area contributed by atoms with Crippen LogP contribution in [0, 0.1) is 0 Å². The van der Waals surface area contributed by atoms with E-state index in [0.29, 0.717) is 4.47 Å². The van der Waals surface area contributed by atoms with Crippen molar-refractivity contribution in [1.82, 2.24) is 4.98 Å². The third-order valence-corrected chi connectivity index (χ3v) is 1.32. The third kappa shape index (κ3) is 7.19. The molecule has 0 aliphatic carbocycles. The lowest BCUT2D eigenvalue weighted by Gasteiger charge is -1.61. The van der Waals surface area contributed by atoms with Crippen molar-refractivity contribution in [2.45, 2.75) is 0 Å². The van der Waals surface area contributed by atoms with Crippen LogP contribution in [-0.2, 0) is 0 Å². The minimum Gasteiger partial charge on any atom is -0.450 e. The van der Waals surface area contributed by atoms with Gasteiger partial charge in [-0.15, -0.1) is 11.3 Å². The fourth-order valence-electron chi connectivity index (χ4n) is 0.206. The summed E-state index contributed by atoms with van der Waals surface area (Å²) in [6.45, 7) is 0. The highest BCUT2D eigenvalue weighted by atomic mass is 35.5. The monoisotopic (exact) mass is 181 g/mol. The number of hydrogen-bond acceptors (Lipinski definition) is 3. The number of thiazole rings is 1. The van der Waals surface area contributed by atoms with Crippen molar-refractivity contribution in [3.05, 3.63) is 16.0 Å². The zero-order valence-electron chi connectivity index (χ0n) is 4.69. The second-order valence-corrected chi connectivity index (χ2v) is 2.54. The fourth-order valence-corrected chi connectivity index (χ4v) is 0.772. The molecule has 1 heterocycles. The van der Waals surface area contributed by atoms with E-state index in [-0.39, 0.29) is 0 Å². The number of halogens is 1. The van der Waals surface area contributed by atoms with Crippen molar-refractivity contribution >= 4 is 29.1 Å². The summed E-state index contributed by atoms with van der Waals surface area (Å²) in [5.41, 5.74) is 0. The first-order chi connectivity index (χ1) is 4.63. The van der Waals surface area contributed by atoms with Crippen LogP contribution in [0.5, 0.6) is 0 Å². The molecule has 0 saturated carbocycles. The SMILES string of the molecule is Clc1nccs1.O=C(O)O. The minimum atomic E-state index is -1.83. The van der Waals surface area contributed by atoms with Crippen molar-refractivity contribution in [1.29, 1.82) is 0 Å². The molecule has 0 bridgehead atoms. The lowest BCUT2D eigenvalue weighted by atomic mass is 11.0. The van der Waals surface area contributed by atoms with Gasteiger partial charge in [-0.3, -0.25) is 0 Å². The van der Waals surface area contributed by atoms with E-state index in [4.69, 9.17) is 26.6 Å². The largest absolute Gasteiger partial charge is 0.503 e. The second kappa shape index (κ2) is 5.01. The van der Waals surface area contributed by atoms with Crippen LogP contribution in [0.2, 0.25) is 4.47 Å². The average Bonchev–Trinajstić information content (AvgIpc) is 2.15. The van der Waals surface area contributed by atoms with Gasteiger partial charge < -0.3 is 10.2 Å². The van der Waals surface area contributed by atoms with Gasteiger partial charge in [0.25, 0.3) is 0 Å². The summed E-state index contributed by atoms with van der Waals surface area (Å²) in [7, 11) is 0. The zero-order valence-corrected chi connectivity index (χ0v) is 6.26. The van der Waals surface area contributed by atoms with Gasteiger partial charge in [0, 0.05) is 11.6 Å². The number of nitrogens with zero attached hydrogens (tertiary/aromatic N) is 1. The van der Waals surface area contributed by atoms with Crippen molar-refractivity contribution in [3.8, 4) is 0 Å². The van der Waals surface area contributed by atoms with Crippen molar-refractivity contribution in [2.24, 2.45) is 0 Å². The van der Waals surface area contributed by atoms with E-state index in [2.05, 4.69) is 4.98 Å². The Bertz CT molecular complexity index is 184. The van der Waals surface area contributed by atoms with Crippen molar-refractivity contribution < 1.29 is 15.0 Å². The molecular weight excluding hydrogens is 178 g/mol. The Morgan fingerprint density at radius 1 is 1.70 bits per heavy atom. The molecule has 0 radical (unpaired) electrons. The molecule has 0 aliphatic rings. The summed E-state index contributed by atoms with van der Waals surface area (Å²) in [5.74, 6) is 0. The topological polar surface area (TPSA) is 70.4 Å². The Balaban J connectivity index is 0.000000180. The van der Waals surface area contributed by atoms with E-state index in [0.717, 1.165) is 0 Å². The summed E-state index contributed by atoms with van der Waals surface area (Å²) < 4.78 is 0.606. The summed E-state index contributed by atoms with van der Waals surface area (Å²) in [4.78, 5) is 12.3. The quantitative estimate of drug-likeness (QED) is 0.643. The van der Waals surface area contributed by atoms with Gasteiger partial charge in [-0.05, 0) is 0 Å². The van der Waals surface area contributed by atoms with E-state index in [9.17, 15) is 0 Å². The smallest absolute Gasteiger partial charge is 0.450 e. The molecule has 2 N–H and O–H groups in total. The molecule has 0 aliphatic heterocycles. The molecule has 4 nitrogen and oxygen atoms in total. The molecule has 0 saturated heterocycles. The van der Waals surface area contributed by atoms with Crippen LogP contribution in [0.4, 0.5) is 4.79 Å². The summed E-state index contributed by atoms with van der Waals surface area (Å²) in [6.07, 6.45) is -0.160. The van der Waals surface area contributed by atoms with E-state index in [1.54, 1.807) is 6.20 Å². The van der Waals surface area contributed by atoms with E-state index in [1.165, 1.54) is 11.3 Å². The number of rotatable bonds is 0. The molecule has 0 atom stereocenters. The van der Waals surface area contributed by atoms with Gasteiger partial charge in [-0.2, -0.15) is 0 Å². The van der Waals surface area contributed by atoms with E-state index < -0.39 is 6.16 Å². The van der Waals surface area contributed by atoms with Crippen LogP contribution in [0.3, 0.4) is 0 Å². The lowest BCUT2D eigenvalue weighted by Crippen LogP contribution is -1.81. The fraction of sp³-hybridized carbons (Fsp3) is 0. The third-order valence-electron chi connectivity index (χ3n) is 0.402. The highest BCUT2D eigenvalue weighted by Crippen LogP contribution is 2.08. The Morgan fingerprint density at radius 3 is 2.30 bits per heavy atom. The molecule has 1 aromatic heterocycles. The van der Waals surface area contributed by atoms with Gasteiger partial charge in [0.1, 0.15) is 0 Å². The zero-order chi connectivity index (χ0) is 7.98. The Morgan fingerprint density at radius 2 is 2.20 bits per heavy atom. The summed E-state index contributed by atoms with van der Waals surface area (Å²) >= 11 is 6.79. The van der Waals surface area contributed by atoms with Crippen LogP contribution in [0.15, 0.2) is 11.6 Å². The van der Waals surface area contributed by atoms with Crippen LogP contribution < -0.4 is 0 Å². The Kier molecular flexibility index (Phi) is 4.61. The first-order valence-corrected chi connectivity index (χ1v) is 3.35. The van der Waals surface area contributed by atoms with E-state index >= 15 is 0 Å². The normalized spacial score (nSPS) is 7.70. The molecule has 0 fully saturated rings. The number of carboxylic acid groups (broad SMARTS) is 2.